The van der Waals surface area contributed by atoms with E-state index in [1.807, 2.05) is 0 Å². The van der Waals surface area contributed by atoms with Crippen LogP contribution < -0.4 is 5.32 Å². The molecule has 2 aliphatic rings. The molecule has 3 nitrogen and oxygen atoms in total. The van der Waals surface area contributed by atoms with Crippen LogP contribution in [0.15, 0.2) is 12.3 Å². The van der Waals surface area contributed by atoms with E-state index in [2.05, 4.69) is 15.3 Å². The summed E-state index contributed by atoms with van der Waals surface area (Å²) in [6.45, 7) is 0. The number of rotatable bonds is 4. The highest BCUT2D eigenvalue weighted by Crippen LogP contribution is 2.45. The number of alkyl halides is 3. The van der Waals surface area contributed by atoms with Gasteiger partial charge in [0, 0.05) is 12.2 Å². The molecule has 1 heterocycles. The molecular weight excluding hydrogens is 243 g/mol. The van der Waals surface area contributed by atoms with Crippen molar-refractivity contribution in [3.63, 3.8) is 0 Å². The van der Waals surface area contributed by atoms with E-state index in [9.17, 15) is 13.2 Å². The van der Waals surface area contributed by atoms with Crippen LogP contribution in [0.2, 0.25) is 0 Å². The molecule has 0 amide bonds. The second-order valence-corrected chi connectivity index (χ2v) is 5.11. The molecule has 98 valence electrons. The number of halogens is 3. The number of aromatic nitrogens is 2. The van der Waals surface area contributed by atoms with Crippen LogP contribution >= 0.6 is 0 Å². The molecule has 1 aromatic heterocycles. The van der Waals surface area contributed by atoms with Gasteiger partial charge in [-0.1, -0.05) is 0 Å². The maximum Gasteiger partial charge on any atom is 0.433 e. The Morgan fingerprint density at radius 1 is 1.17 bits per heavy atom. The summed E-state index contributed by atoms with van der Waals surface area (Å²) in [5.74, 6) is 1.29. The first-order valence-electron chi connectivity index (χ1n) is 6.21. The Morgan fingerprint density at radius 3 is 2.28 bits per heavy atom. The van der Waals surface area contributed by atoms with Gasteiger partial charge in [0.15, 0.2) is 0 Å². The molecule has 0 aliphatic heterocycles. The second-order valence-electron chi connectivity index (χ2n) is 5.11. The summed E-state index contributed by atoms with van der Waals surface area (Å²) in [6.07, 6.45) is 1.39. The van der Waals surface area contributed by atoms with Crippen molar-refractivity contribution in [2.24, 2.45) is 11.8 Å². The molecule has 0 bridgehead atoms. The molecule has 0 atom stereocenters. The minimum Gasteiger partial charge on any atom is -0.351 e. The minimum atomic E-state index is -4.41. The largest absolute Gasteiger partial charge is 0.433 e. The van der Waals surface area contributed by atoms with Gasteiger partial charge in [-0.15, -0.1) is 0 Å². The van der Waals surface area contributed by atoms with Gasteiger partial charge >= 0.3 is 6.18 Å². The lowest BCUT2D eigenvalue weighted by Crippen LogP contribution is -2.26. The summed E-state index contributed by atoms with van der Waals surface area (Å²) in [7, 11) is 0. The van der Waals surface area contributed by atoms with Crippen molar-refractivity contribution in [2.45, 2.75) is 37.9 Å². The highest BCUT2D eigenvalue weighted by atomic mass is 19.4. The maximum absolute atomic E-state index is 12.5. The smallest absolute Gasteiger partial charge is 0.351 e. The van der Waals surface area contributed by atoms with Crippen molar-refractivity contribution < 1.29 is 13.2 Å². The van der Waals surface area contributed by atoms with Crippen molar-refractivity contribution in [1.29, 1.82) is 0 Å². The Morgan fingerprint density at radius 2 is 1.78 bits per heavy atom. The summed E-state index contributed by atoms with van der Waals surface area (Å²) < 4.78 is 37.6. The molecule has 0 spiro atoms. The molecule has 0 aromatic carbocycles. The van der Waals surface area contributed by atoms with Crippen LogP contribution in [0.25, 0.3) is 0 Å². The Kier molecular flexibility index (Phi) is 2.68. The molecule has 18 heavy (non-hydrogen) atoms. The van der Waals surface area contributed by atoms with Crippen molar-refractivity contribution >= 4 is 5.95 Å². The van der Waals surface area contributed by atoms with Gasteiger partial charge in [-0.2, -0.15) is 13.2 Å². The van der Waals surface area contributed by atoms with Crippen LogP contribution in [-0.2, 0) is 6.18 Å². The Balaban J connectivity index is 1.75. The zero-order chi connectivity index (χ0) is 12.8. The van der Waals surface area contributed by atoms with E-state index in [0.717, 1.165) is 37.9 Å². The number of anilines is 1. The van der Waals surface area contributed by atoms with Gasteiger partial charge < -0.3 is 5.32 Å². The molecule has 3 rings (SSSR count). The first kappa shape index (κ1) is 11.7. The highest BCUT2D eigenvalue weighted by Gasteiger charge is 2.42. The van der Waals surface area contributed by atoms with Gasteiger partial charge in [0.25, 0.3) is 0 Å². The number of nitrogens with one attached hydrogen (secondary N) is 1. The van der Waals surface area contributed by atoms with Gasteiger partial charge in [-0.05, 0) is 43.6 Å². The molecule has 1 aromatic rings. The summed E-state index contributed by atoms with van der Waals surface area (Å²) in [6, 6.07) is 1.16. The third-order valence-corrected chi connectivity index (χ3v) is 3.50. The Hall–Kier alpha value is -1.33. The lowest BCUT2D eigenvalue weighted by Gasteiger charge is -2.18. The molecule has 0 radical (unpaired) electrons. The van der Waals surface area contributed by atoms with Crippen LogP contribution in [0.4, 0.5) is 19.1 Å². The SMILES string of the molecule is FC(F)(F)c1ccnc(NC(C2CC2)C2CC2)n1. The monoisotopic (exact) mass is 257 g/mol. The van der Waals surface area contributed by atoms with E-state index < -0.39 is 11.9 Å². The maximum atomic E-state index is 12.5. The zero-order valence-corrected chi connectivity index (χ0v) is 9.74. The van der Waals surface area contributed by atoms with Gasteiger partial charge in [0.2, 0.25) is 5.95 Å². The second kappa shape index (κ2) is 4.10. The Bertz CT molecular complexity index is 426. The lowest BCUT2D eigenvalue weighted by molar-refractivity contribution is -0.141. The van der Waals surface area contributed by atoms with Gasteiger partial charge in [-0.25, -0.2) is 9.97 Å². The lowest BCUT2D eigenvalue weighted by atomic mass is 10.1. The van der Waals surface area contributed by atoms with Crippen LogP contribution in [-0.4, -0.2) is 16.0 Å². The van der Waals surface area contributed by atoms with Crippen molar-refractivity contribution in [3.05, 3.63) is 18.0 Å². The molecule has 2 aliphatic carbocycles. The third-order valence-electron chi connectivity index (χ3n) is 3.50. The average Bonchev–Trinajstić information content (AvgIpc) is 3.16. The molecule has 0 unspecified atom stereocenters. The van der Waals surface area contributed by atoms with Gasteiger partial charge in [0.1, 0.15) is 5.69 Å². The minimum absolute atomic E-state index is 0.105. The molecular formula is C12H14F3N3. The normalized spacial score (nSPS) is 20.2. The summed E-state index contributed by atoms with van der Waals surface area (Å²) in [5.41, 5.74) is -0.884. The number of hydrogen-bond acceptors (Lipinski definition) is 3. The standard InChI is InChI=1S/C12H14F3N3/c13-12(14,15)9-5-6-16-11(17-9)18-10(7-1-2-7)8-3-4-8/h5-8,10H,1-4H2,(H,16,17,18). The fraction of sp³-hybridized carbons (Fsp3) is 0.667. The summed E-state index contributed by atoms with van der Waals surface area (Å²) >= 11 is 0. The van der Waals surface area contributed by atoms with Crippen LogP contribution in [0.3, 0.4) is 0 Å². The zero-order valence-electron chi connectivity index (χ0n) is 9.74. The number of hydrogen-bond donors (Lipinski definition) is 1. The summed E-state index contributed by atoms with van der Waals surface area (Å²) in [5, 5.41) is 3.09. The fourth-order valence-electron chi connectivity index (χ4n) is 2.27. The molecule has 2 fully saturated rings. The molecule has 0 saturated heterocycles. The average molecular weight is 257 g/mol. The topological polar surface area (TPSA) is 37.8 Å². The van der Waals surface area contributed by atoms with E-state index in [1.54, 1.807) is 0 Å². The molecule has 6 heteroatoms. The van der Waals surface area contributed by atoms with Gasteiger partial charge in [0.05, 0.1) is 0 Å². The van der Waals surface area contributed by atoms with E-state index in [4.69, 9.17) is 0 Å². The highest BCUT2D eigenvalue weighted by molar-refractivity contribution is 5.29. The van der Waals surface area contributed by atoms with E-state index in [1.165, 1.54) is 0 Å². The van der Waals surface area contributed by atoms with E-state index >= 15 is 0 Å². The fourth-order valence-corrected chi connectivity index (χ4v) is 2.27. The van der Waals surface area contributed by atoms with E-state index in [-0.39, 0.29) is 12.0 Å². The van der Waals surface area contributed by atoms with Crippen molar-refractivity contribution in [3.8, 4) is 0 Å². The quantitative estimate of drug-likeness (QED) is 0.900. The molecule has 2 saturated carbocycles. The predicted octanol–water partition coefficient (Wildman–Crippen LogP) is 3.10. The van der Waals surface area contributed by atoms with Crippen molar-refractivity contribution in [2.75, 3.05) is 5.32 Å². The Labute approximate surface area is 103 Å². The third kappa shape index (κ3) is 2.57. The van der Waals surface area contributed by atoms with Crippen LogP contribution in [0.5, 0.6) is 0 Å². The van der Waals surface area contributed by atoms with E-state index in [0.29, 0.717) is 11.8 Å². The van der Waals surface area contributed by atoms with Crippen LogP contribution in [0, 0.1) is 11.8 Å². The number of nitrogens with zero attached hydrogens (tertiary/aromatic N) is 2. The van der Waals surface area contributed by atoms with Crippen LogP contribution in [0.1, 0.15) is 31.4 Å². The first-order chi connectivity index (χ1) is 8.54. The molecule has 1 N–H and O–H groups in total. The van der Waals surface area contributed by atoms with Gasteiger partial charge in [-0.3, -0.25) is 0 Å². The summed E-state index contributed by atoms with van der Waals surface area (Å²) in [4.78, 5) is 7.45. The first-order valence-corrected chi connectivity index (χ1v) is 6.21. The predicted molar refractivity (Wildman–Crippen MR) is 59.9 cm³/mol. The van der Waals surface area contributed by atoms with Crippen molar-refractivity contribution in [1.82, 2.24) is 9.97 Å².